The Labute approximate surface area is 106 Å². The Bertz CT molecular complexity index is 609. The summed E-state index contributed by atoms with van der Waals surface area (Å²) in [4.78, 5) is 1.49. The molecule has 4 aliphatic rings. The summed E-state index contributed by atoms with van der Waals surface area (Å²) in [5.41, 5.74) is 4.62. The maximum Gasteiger partial charge on any atom is 0.0377 e. The Morgan fingerprint density at radius 1 is 0.824 bits per heavy atom. The SMILES string of the molecule is C[C@@]12C3=CC=CC1=CC=C1SC=C(C=C3)[C@]12C. The van der Waals surface area contributed by atoms with E-state index in [2.05, 4.69) is 61.8 Å². The Kier molecular flexibility index (Phi) is 1.60. The van der Waals surface area contributed by atoms with Crippen molar-refractivity contribution >= 4 is 11.8 Å². The first-order valence-corrected chi connectivity index (χ1v) is 6.92. The van der Waals surface area contributed by atoms with Gasteiger partial charge < -0.3 is 0 Å². The van der Waals surface area contributed by atoms with Gasteiger partial charge in [-0.25, -0.2) is 0 Å². The van der Waals surface area contributed by atoms with Gasteiger partial charge in [0.05, 0.1) is 0 Å². The molecule has 0 aromatic heterocycles. The van der Waals surface area contributed by atoms with Crippen LogP contribution in [0.5, 0.6) is 0 Å². The van der Waals surface area contributed by atoms with Crippen molar-refractivity contribution in [2.75, 3.05) is 0 Å². The molecule has 0 saturated heterocycles. The predicted molar refractivity (Wildman–Crippen MR) is 74.4 cm³/mol. The molecule has 1 heterocycles. The van der Waals surface area contributed by atoms with E-state index in [1.54, 1.807) is 0 Å². The molecule has 2 atom stereocenters. The smallest absolute Gasteiger partial charge is 0.0377 e. The van der Waals surface area contributed by atoms with Crippen molar-refractivity contribution < 1.29 is 0 Å². The molecule has 3 aliphatic carbocycles. The van der Waals surface area contributed by atoms with Crippen LogP contribution in [0, 0.1) is 10.8 Å². The second kappa shape index (κ2) is 2.78. The van der Waals surface area contributed by atoms with Crippen LogP contribution < -0.4 is 0 Å². The lowest BCUT2D eigenvalue weighted by Gasteiger charge is -2.52. The van der Waals surface area contributed by atoms with E-state index in [4.69, 9.17) is 0 Å². The summed E-state index contributed by atoms with van der Waals surface area (Å²) in [6.07, 6.45) is 15.9. The first-order chi connectivity index (χ1) is 8.17. The van der Waals surface area contributed by atoms with Crippen LogP contribution in [-0.2, 0) is 0 Å². The van der Waals surface area contributed by atoms with Crippen LogP contribution in [0.2, 0.25) is 0 Å². The molecule has 0 aromatic rings. The molecule has 0 bridgehead atoms. The summed E-state index contributed by atoms with van der Waals surface area (Å²) in [7, 11) is 0. The van der Waals surface area contributed by atoms with Gasteiger partial charge >= 0.3 is 0 Å². The molecule has 0 saturated carbocycles. The van der Waals surface area contributed by atoms with Crippen LogP contribution in [0.25, 0.3) is 0 Å². The summed E-state index contributed by atoms with van der Waals surface area (Å²) >= 11 is 1.89. The molecule has 0 spiro atoms. The monoisotopic (exact) mass is 238 g/mol. The molecule has 0 nitrogen and oxygen atoms in total. The van der Waals surface area contributed by atoms with Crippen LogP contribution in [-0.4, -0.2) is 0 Å². The van der Waals surface area contributed by atoms with Crippen LogP contribution in [0.15, 0.2) is 69.6 Å². The number of thioether (sulfide) groups is 1. The fourth-order valence-electron chi connectivity index (χ4n) is 3.57. The van der Waals surface area contributed by atoms with Gasteiger partial charge in [-0.2, -0.15) is 0 Å². The average molecular weight is 238 g/mol. The topological polar surface area (TPSA) is 0 Å². The lowest BCUT2D eigenvalue weighted by molar-refractivity contribution is 0.261. The van der Waals surface area contributed by atoms with Gasteiger partial charge in [-0.3, -0.25) is 0 Å². The summed E-state index contributed by atoms with van der Waals surface area (Å²) in [6.45, 7) is 4.79. The van der Waals surface area contributed by atoms with E-state index in [1.165, 1.54) is 21.6 Å². The van der Waals surface area contributed by atoms with Gasteiger partial charge in [-0.05, 0) is 29.1 Å². The first-order valence-electron chi connectivity index (χ1n) is 6.04. The van der Waals surface area contributed by atoms with Crippen molar-refractivity contribution in [1.29, 1.82) is 0 Å². The van der Waals surface area contributed by atoms with E-state index in [0.717, 1.165) is 0 Å². The predicted octanol–water partition coefficient (Wildman–Crippen LogP) is 4.52. The van der Waals surface area contributed by atoms with Crippen LogP contribution >= 0.6 is 11.8 Å². The number of rotatable bonds is 0. The summed E-state index contributed by atoms with van der Waals surface area (Å²) < 4.78 is 0. The van der Waals surface area contributed by atoms with Gasteiger partial charge in [0.25, 0.3) is 0 Å². The molecule has 0 radical (unpaired) electrons. The van der Waals surface area contributed by atoms with Gasteiger partial charge in [0.2, 0.25) is 0 Å². The molecule has 0 amide bonds. The molecule has 0 fully saturated rings. The molecule has 0 N–H and O–H groups in total. The van der Waals surface area contributed by atoms with Crippen molar-refractivity contribution in [2.24, 2.45) is 10.8 Å². The average Bonchev–Trinajstić information content (AvgIpc) is 2.66. The first kappa shape index (κ1) is 9.78. The minimum absolute atomic E-state index is 0.121. The van der Waals surface area contributed by atoms with Gasteiger partial charge in [0.15, 0.2) is 0 Å². The maximum absolute atomic E-state index is 2.40. The Balaban J connectivity index is 2.14. The van der Waals surface area contributed by atoms with Crippen molar-refractivity contribution in [3.8, 4) is 0 Å². The van der Waals surface area contributed by atoms with E-state index in [1.807, 2.05) is 11.8 Å². The number of hydrogen-bond donors (Lipinski definition) is 0. The third kappa shape index (κ3) is 0.868. The van der Waals surface area contributed by atoms with Crippen molar-refractivity contribution in [2.45, 2.75) is 13.8 Å². The Morgan fingerprint density at radius 2 is 1.59 bits per heavy atom. The molecule has 17 heavy (non-hydrogen) atoms. The molecule has 1 heteroatoms. The second-order valence-electron chi connectivity index (χ2n) is 5.41. The Hall–Kier alpha value is -1.21. The van der Waals surface area contributed by atoms with E-state index in [-0.39, 0.29) is 10.8 Å². The molecular weight excluding hydrogens is 224 g/mol. The van der Waals surface area contributed by atoms with Crippen LogP contribution in [0.3, 0.4) is 0 Å². The van der Waals surface area contributed by atoms with Gasteiger partial charge in [-0.1, -0.05) is 49.5 Å². The normalized spacial score (nSPS) is 40.4. The molecule has 0 aromatic carbocycles. The quantitative estimate of drug-likeness (QED) is 0.598. The third-order valence-electron chi connectivity index (χ3n) is 4.95. The zero-order chi connectivity index (χ0) is 11.7. The zero-order valence-electron chi connectivity index (χ0n) is 10.0. The summed E-state index contributed by atoms with van der Waals surface area (Å²) in [5, 5.41) is 2.32. The minimum atomic E-state index is 0.121. The molecular formula is C16H14S. The maximum atomic E-state index is 2.40. The summed E-state index contributed by atoms with van der Waals surface area (Å²) in [6, 6.07) is 0. The fourth-order valence-corrected chi connectivity index (χ4v) is 4.85. The van der Waals surface area contributed by atoms with Gasteiger partial charge in [-0.15, -0.1) is 11.8 Å². The van der Waals surface area contributed by atoms with E-state index in [0.29, 0.717) is 0 Å². The Morgan fingerprint density at radius 3 is 2.47 bits per heavy atom. The highest BCUT2D eigenvalue weighted by atomic mass is 32.2. The number of allylic oxidation sites excluding steroid dienone is 11. The highest BCUT2D eigenvalue weighted by Gasteiger charge is 2.57. The fraction of sp³-hybridized carbons (Fsp3) is 0.250. The second-order valence-corrected chi connectivity index (χ2v) is 6.32. The standard InChI is InChI=1S/C16H14S/c1-15-11-4-3-5-12(15)8-9-14-16(15,2)13(7-6-11)10-17-14/h3-10H,1-2H3/t15-,16-/m1/s1. The van der Waals surface area contributed by atoms with Crippen LogP contribution in [0.4, 0.5) is 0 Å². The highest BCUT2D eigenvalue weighted by Crippen LogP contribution is 2.68. The van der Waals surface area contributed by atoms with Gasteiger partial charge in [0, 0.05) is 15.7 Å². The lowest BCUT2D eigenvalue weighted by atomic mass is 9.50. The lowest BCUT2D eigenvalue weighted by Crippen LogP contribution is -2.44. The minimum Gasteiger partial charge on any atom is -0.101 e. The molecule has 84 valence electrons. The van der Waals surface area contributed by atoms with Crippen molar-refractivity contribution in [1.82, 2.24) is 0 Å². The van der Waals surface area contributed by atoms with E-state index < -0.39 is 0 Å². The third-order valence-corrected chi connectivity index (χ3v) is 6.12. The van der Waals surface area contributed by atoms with Crippen LogP contribution in [0.1, 0.15) is 13.8 Å². The molecule has 1 aliphatic heterocycles. The molecule has 4 rings (SSSR count). The summed E-state index contributed by atoms with van der Waals surface area (Å²) in [5.74, 6) is 0. The zero-order valence-corrected chi connectivity index (χ0v) is 10.8. The van der Waals surface area contributed by atoms with Gasteiger partial charge in [0.1, 0.15) is 0 Å². The highest BCUT2D eigenvalue weighted by molar-refractivity contribution is 8.06. The van der Waals surface area contributed by atoms with Crippen molar-refractivity contribution in [3.05, 3.63) is 69.6 Å². The van der Waals surface area contributed by atoms with E-state index in [9.17, 15) is 0 Å². The largest absolute Gasteiger partial charge is 0.101 e. The molecule has 0 unspecified atom stereocenters. The van der Waals surface area contributed by atoms with Crippen molar-refractivity contribution in [3.63, 3.8) is 0 Å². The van der Waals surface area contributed by atoms with E-state index >= 15 is 0 Å². The number of hydrogen-bond acceptors (Lipinski definition) is 1.